The molecule has 17 heavy (non-hydrogen) atoms. The maximum atomic E-state index is 13.0. The number of alkyl halides is 3. The van der Waals surface area contributed by atoms with E-state index in [4.69, 9.17) is 0 Å². The molecule has 0 aliphatic carbocycles. The fourth-order valence-corrected chi connectivity index (χ4v) is 1.61. The Hall–Kier alpha value is -1.43. The second kappa shape index (κ2) is 4.10. The first-order chi connectivity index (χ1) is 7.89. The van der Waals surface area contributed by atoms with Crippen LogP contribution in [0.15, 0.2) is 18.2 Å². The van der Waals surface area contributed by atoms with Crippen molar-refractivity contribution in [3.63, 3.8) is 0 Å². The van der Waals surface area contributed by atoms with Crippen LogP contribution in [-0.4, -0.2) is 18.9 Å². The Labute approximate surface area is 94.6 Å². The molecule has 2 nitrogen and oxygen atoms in total. The molecule has 0 bridgehead atoms. The van der Waals surface area contributed by atoms with Gasteiger partial charge in [0, 0.05) is 24.6 Å². The van der Waals surface area contributed by atoms with E-state index < -0.39 is 17.6 Å². The minimum absolute atomic E-state index is 0.0924. The summed E-state index contributed by atoms with van der Waals surface area (Å²) in [4.78, 5) is 11.7. The molecule has 1 aromatic rings. The summed E-state index contributed by atoms with van der Waals surface area (Å²) in [5.41, 5.74) is -1.49. The van der Waals surface area contributed by atoms with Crippen molar-refractivity contribution in [1.82, 2.24) is 5.32 Å². The maximum absolute atomic E-state index is 13.0. The van der Waals surface area contributed by atoms with Crippen LogP contribution in [-0.2, 0) is 6.18 Å². The molecule has 0 radical (unpaired) electrons. The zero-order valence-electron chi connectivity index (χ0n) is 8.64. The van der Waals surface area contributed by atoms with Crippen LogP contribution < -0.4 is 5.32 Å². The highest BCUT2D eigenvalue weighted by molar-refractivity contribution is 5.98. The monoisotopic (exact) mass is 247 g/mol. The lowest BCUT2D eigenvalue weighted by molar-refractivity contribution is -0.140. The zero-order valence-corrected chi connectivity index (χ0v) is 8.64. The predicted octanol–water partition coefficient (Wildman–Crippen LogP) is 2.25. The lowest BCUT2D eigenvalue weighted by Gasteiger charge is -2.25. The first kappa shape index (κ1) is 12.0. The van der Waals surface area contributed by atoms with E-state index in [0.717, 1.165) is 6.07 Å². The number of carbonyl (C=O) groups excluding carboxylic acids is 1. The van der Waals surface area contributed by atoms with Gasteiger partial charge in [0.25, 0.3) is 0 Å². The Morgan fingerprint density at radius 2 is 1.94 bits per heavy atom. The molecular weight excluding hydrogens is 238 g/mol. The minimum Gasteiger partial charge on any atom is -0.315 e. The average molecular weight is 247 g/mol. The molecule has 1 aliphatic rings. The van der Waals surface area contributed by atoms with Crippen LogP contribution in [0.4, 0.5) is 17.6 Å². The second-order valence-electron chi connectivity index (χ2n) is 3.91. The van der Waals surface area contributed by atoms with Crippen LogP contribution >= 0.6 is 0 Å². The molecule has 0 aromatic heterocycles. The third-order valence-corrected chi connectivity index (χ3v) is 2.71. The van der Waals surface area contributed by atoms with Gasteiger partial charge in [0.1, 0.15) is 5.82 Å². The van der Waals surface area contributed by atoms with Gasteiger partial charge >= 0.3 is 6.18 Å². The Bertz CT molecular complexity index is 451. The molecule has 1 aliphatic heterocycles. The first-order valence-electron chi connectivity index (χ1n) is 5.01. The smallest absolute Gasteiger partial charge is 0.315 e. The Morgan fingerprint density at radius 1 is 1.29 bits per heavy atom. The van der Waals surface area contributed by atoms with E-state index in [0.29, 0.717) is 25.2 Å². The lowest BCUT2D eigenvalue weighted by atomic mass is 9.92. The largest absolute Gasteiger partial charge is 0.419 e. The van der Waals surface area contributed by atoms with Crippen molar-refractivity contribution in [3.8, 4) is 0 Å². The zero-order chi connectivity index (χ0) is 12.6. The summed E-state index contributed by atoms with van der Waals surface area (Å²) in [6.45, 7) is 0.912. The van der Waals surface area contributed by atoms with Gasteiger partial charge in [0.15, 0.2) is 5.78 Å². The van der Waals surface area contributed by atoms with Gasteiger partial charge in [-0.2, -0.15) is 13.2 Å². The van der Waals surface area contributed by atoms with Gasteiger partial charge in [-0.1, -0.05) is 0 Å². The fourth-order valence-electron chi connectivity index (χ4n) is 1.61. The van der Waals surface area contributed by atoms with Gasteiger partial charge in [-0.25, -0.2) is 4.39 Å². The Kier molecular flexibility index (Phi) is 2.91. The van der Waals surface area contributed by atoms with Crippen LogP contribution in [0.25, 0.3) is 0 Å². The molecule has 1 heterocycles. The number of nitrogens with one attached hydrogen (secondary N) is 1. The van der Waals surface area contributed by atoms with Gasteiger partial charge in [0.2, 0.25) is 0 Å². The van der Waals surface area contributed by atoms with E-state index in [2.05, 4.69) is 5.32 Å². The number of ketones is 1. The highest BCUT2D eigenvalue weighted by Gasteiger charge is 2.35. The Balaban J connectivity index is 2.33. The van der Waals surface area contributed by atoms with Crippen LogP contribution in [0.2, 0.25) is 0 Å². The van der Waals surface area contributed by atoms with Crippen molar-refractivity contribution in [2.75, 3.05) is 13.1 Å². The second-order valence-corrected chi connectivity index (χ2v) is 3.91. The minimum atomic E-state index is -4.78. The molecule has 0 saturated carbocycles. The van der Waals surface area contributed by atoms with E-state index in [1.807, 2.05) is 0 Å². The van der Waals surface area contributed by atoms with Crippen LogP contribution in [0, 0.1) is 11.7 Å². The van der Waals surface area contributed by atoms with Crippen molar-refractivity contribution in [1.29, 1.82) is 0 Å². The molecule has 2 rings (SSSR count). The molecule has 1 fully saturated rings. The van der Waals surface area contributed by atoms with Crippen molar-refractivity contribution in [2.45, 2.75) is 6.18 Å². The summed E-state index contributed by atoms with van der Waals surface area (Å²) in [5.74, 6) is -2.04. The number of hydrogen-bond donors (Lipinski definition) is 1. The highest BCUT2D eigenvalue weighted by atomic mass is 19.4. The summed E-state index contributed by atoms with van der Waals surface area (Å²) in [5, 5.41) is 2.85. The highest BCUT2D eigenvalue weighted by Crippen LogP contribution is 2.32. The molecule has 0 unspecified atom stereocenters. The number of benzene rings is 1. The van der Waals surface area contributed by atoms with Crippen LogP contribution in [0.1, 0.15) is 15.9 Å². The summed E-state index contributed by atoms with van der Waals surface area (Å²) >= 11 is 0. The Morgan fingerprint density at radius 3 is 2.41 bits per heavy atom. The topological polar surface area (TPSA) is 29.1 Å². The number of rotatable bonds is 2. The van der Waals surface area contributed by atoms with E-state index in [-0.39, 0.29) is 17.3 Å². The lowest BCUT2D eigenvalue weighted by Crippen LogP contribution is -2.46. The fraction of sp³-hybridized carbons (Fsp3) is 0.364. The number of hydrogen-bond acceptors (Lipinski definition) is 2. The molecule has 0 spiro atoms. The van der Waals surface area contributed by atoms with Crippen LogP contribution in [0.5, 0.6) is 0 Å². The molecule has 0 atom stereocenters. The van der Waals surface area contributed by atoms with Crippen molar-refractivity contribution < 1.29 is 22.4 Å². The molecule has 1 saturated heterocycles. The van der Waals surface area contributed by atoms with E-state index in [1.165, 1.54) is 0 Å². The average Bonchev–Trinajstić information content (AvgIpc) is 2.13. The van der Waals surface area contributed by atoms with E-state index in [9.17, 15) is 22.4 Å². The molecule has 6 heteroatoms. The quantitative estimate of drug-likeness (QED) is 0.641. The van der Waals surface area contributed by atoms with Gasteiger partial charge in [-0.15, -0.1) is 0 Å². The summed E-state index contributed by atoms with van der Waals surface area (Å²) in [6.07, 6.45) is -4.78. The van der Waals surface area contributed by atoms with Crippen molar-refractivity contribution in [3.05, 3.63) is 35.1 Å². The van der Waals surface area contributed by atoms with E-state index >= 15 is 0 Å². The van der Waals surface area contributed by atoms with E-state index in [1.54, 1.807) is 0 Å². The summed E-state index contributed by atoms with van der Waals surface area (Å²) in [6, 6.07) is 2.35. The normalized spacial score (nSPS) is 16.7. The van der Waals surface area contributed by atoms with Gasteiger partial charge in [-0.05, 0) is 18.2 Å². The molecule has 1 aromatic carbocycles. The van der Waals surface area contributed by atoms with Crippen molar-refractivity contribution >= 4 is 5.78 Å². The third kappa shape index (κ3) is 2.31. The standard InChI is InChI=1S/C11H9F4NO/c12-9-2-1-6(3-8(9)11(13,14)15)10(17)7-4-16-5-7/h1-3,7,16H,4-5H2. The molecular formula is C11H9F4NO. The maximum Gasteiger partial charge on any atom is 0.419 e. The van der Waals surface area contributed by atoms with Gasteiger partial charge in [-0.3, -0.25) is 4.79 Å². The molecule has 0 amide bonds. The molecule has 1 N–H and O–H groups in total. The van der Waals surface area contributed by atoms with Gasteiger partial charge < -0.3 is 5.32 Å². The SMILES string of the molecule is O=C(c1ccc(F)c(C(F)(F)F)c1)C1CNC1. The third-order valence-electron chi connectivity index (χ3n) is 2.71. The summed E-state index contributed by atoms with van der Waals surface area (Å²) < 4.78 is 50.3. The summed E-state index contributed by atoms with van der Waals surface area (Å²) in [7, 11) is 0. The number of carbonyl (C=O) groups is 1. The molecule has 92 valence electrons. The van der Waals surface area contributed by atoms with Crippen molar-refractivity contribution in [2.24, 2.45) is 5.92 Å². The van der Waals surface area contributed by atoms with Gasteiger partial charge in [0.05, 0.1) is 5.56 Å². The van der Waals surface area contributed by atoms with Crippen LogP contribution in [0.3, 0.4) is 0 Å². The number of Topliss-reactive ketones (excluding diaryl/α,β-unsaturated/α-hetero) is 1. The predicted molar refractivity (Wildman–Crippen MR) is 52.1 cm³/mol. The first-order valence-corrected chi connectivity index (χ1v) is 5.01. The number of halogens is 4.